The maximum Gasteiger partial charge on any atom is 0.00792 e. The third-order valence-electron chi connectivity index (χ3n) is 2.43. The minimum Gasteiger partial charge on any atom is -0.327 e. The molecule has 3 N–H and O–H groups in total. The minimum absolute atomic E-state index is 0.459. The van der Waals surface area contributed by atoms with Gasteiger partial charge >= 0.3 is 0 Å². The minimum atomic E-state index is 0.459. The highest BCUT2D eigenvalue weighted by Gasteiger charge is 2.20. The molecule has 60 valence electrons. The molecule has 0 heterocycles. The molecule has 1 aliphatic carbocycles. The van der Waals surface area contributed by atoms with Crippen LogP contribution in [0.1, 0.15) is 25.7 Å². The number of hydrogen-bond donors (Lipinski definition) is 2. The molecule has 2 nitrogen and oxygen atoms in total. The van der Waals surface area contributed by atoms with Crippen molar-refractivity contribution in [2.45, 2.75) is 31.7 Å². The molecule has 0 amide bonds. The van der Waals surface area contributed by atoms with E-state index in [0.29, 0.717) is 6.04 Å². The number of rotatable bonds is 2. The molecule has 0 aliphatic heterocycles. The van der Waals surface area contributed by atoms with Gasteiger partial charge in [0.25, 0.3) is 0 Å². The summed E-state index contributed by atoms with van der Waals surface area (Å²) in [5.74, 6) is 0.735. The van der Waals surface area contributed by atoms with Crippen molar-refractivity contribution in [1.82, 2.24) is 5.32 Å². The van der Waals surface area contributed by atoms with Gasteiger partial charge in [0.2, 0.25) is 0 Å². The molecule has 2 atom stereocenters. The summed E-state index contributed by atoms with van der Waals surface area (Å²) >= 11 is 0. The number of nitrogens with one attached hydrogen (secondary N) is 1. The van der Waals surface area contributed by atoms with Gasteiger partial charge in [0, 0.05) is 6.04 Å². The van der Waals surface area contributed by atoms with E-state index in [2.05, 4.69) is 5.32 Å². The summed E-state index contributed by atoms with van der Waals surface area (Å²) in [7, 11) is 2.00. The predicted molar refractivity (Wildman–Crippen MR) is 43.9 cm³/mol. The Morgan fingerprint density at radius 3 is 2.70 bits per heavy atom. The van der Waals surface area contributed by atoms with Gasteiger partial charge in [-0.25, -0.2) is 0 Å². The zero-order chi connectivity index (χ0) is 7.40. The third-order valence-corrected chi connectivity index (χ3v) is 2.43. The summed E-state index contributed by atoms with van der Waals surface area (Å²) in [5, 5.41) is 3.19. The molecule has 0 aromatic rings. The van der Waals surface area contributed by atoms with Crippen molar-refractivity contribution < 1.29 is 0 Å². The van der Waals surface area contributed by atoms with E-state index in [1.807, 2.05) is 7.05 Å². The maximum atomic E-state index is 5.93. The Balaban J connectivity index is 2.25. The van der Waals surface area contributed by atoms with E-state index in [0.717, 1.165) is 12.5 Å². The fourth-order valence-electron chi connectivity index (χ4n) is 1.75. The van der Waals surface area contributed by atoms with Crippen molar-refractivity contribution >= 4 is 0 Å². The van der Waals surface area contributed by atoms with Gasteiger partial charge in [0.1, 0.15) is 0 Å². The second-order valence-electron chi connectivity index (χ2n) is 3.27. The van der Waals surface area contributed by atoms with Crippen LogP contribution in [-0.2, 0) is 0 Å². The molecule has 0 saturated heterocycles. The van der Waals surface area contributed by atoms with Crippen LogP contribution in [0, 0.1) is 5.92 Å². The molecular formula is C8H18N2. The standard InChI is InChI=1S/C8H18N2/c1-10-6-7-4-2-3-5-8(7)9/h7-8,10H,2-6,9H2,1H3/t7?,8-/m0/s1. The molecule has 0 spiro atoms. The molecule has 1 unspecified atom stereocenters. The van der Waals surface area contributed by atoms with E-state index < -0.39 is 0 Å². The largest absolute Gasteiger partial charge is 0.327 e. The van der Waals surface area contributed by atoms with Crippen molar-refractivity contribution in [1.29, 1.82) is 0 Å². The van der Waals surface area contributed by atoms with Crippen LogP contribution in [0.3, 0.4) is 0 Å². The Labute approximate surface area is 63.2 Å². The van der Waals surface area contributed by atoms with Crippen LogP contribution in [0.2, 0.25) is 0 Å². The highest BCUT2D eigenvalue weighted by atomic mass is 14.8. The Morgan fingerprint density at radius 2 is 2.10 bits per heavy atom. The summed E-state index contributed by atoms with van der Waals surface area (Å²) in [6.07, 6.45) is 5.26. The summed E-state index contributed by atoms with van der Waals surface area (Å²) in [4.78, 5) is 0. The smallest absolute Gasteiger partial charge is 0.00792 e. The summed E-state index contributed by atoms with van der Waals surface area (Å²) in [6, 6.07) is 0.459. The van der Waals surface area contributed by atoms with Gasteiger partial charge in [-0.05, 0) is 32.4 Å². The van der Waals surface area contributed by atoms with E-state index in [9.17, 15) is 0 Å². The Hall–Kier alpha value is -0.0800. The molecule has 10 heavy (non-hydrogen) atoms. The SMILES string of the molecule is CNCC1CCCC[C@@H]1N. The zero-order valence-electron chi connectivity index (χ0n) is 6.77. The monoisotopic (exact) mass is 142 g/mol. The molecule has 1 rings (SSSR count). The van der Waals surface area contributed by atoms with E-state index >= 15 is 0 Å². The van der Waals surface area contributed by atoms with Gasteiger partial charge in [-0.1, -0.05) is 12.8 Å². The van der Waals surface area contributed by atoms with Crippen molar-refractivity contribution in [3.63, 3.8) is 0 Å². The lowest BCUT2D eigenvalue weighted by molar-refractivity contribution is 0.302. The van der Waals surface area contributed by atoms with Crippen LogP contribution in [-0.4, -0.2) is 19.6 Å². The lowest BCUT2D eigenvalue weighted by Gasteiger charge is -2.28. The van der Waals surface area contributed by atoms with Crippen molar-refractivity contribution in [3.05, 3.63) is 0 Å². The first-order chi connectivity index (χ1) is 4.84. The second kappa shape index (κ2) is 3.94. The van der Waals surface area contributed by atoms with Crippen LogP contribution in [0.5, 0.6) is 0 Å². The van der Waals surface area contributed by atoms with Crippen LogP contribution in [0.25, 0.3) is 0 Å². The Kier molecular flexibility index (Phi) is 3.16. The lowest BCUT2D eigenvalue weighted by atomic mass is 9.85. The van der Waals surface area contributed by atoms with Gasteiger partial charge in [-0.15, -0.1) is 0 Å². The normalized spacial score (nSPS) is 34.2. The van der Waals surface area contributed by atoms with Crippen molar-refractivity contribution in [3.8, 4) is 0 Å². The van der Waals surface area contributed by atoms with Gasteiger partial charge in [-0.2, -0.15) is 0 Å². The van der Waals surface area contributed by atoms with E-state index in [1.54, 1.807) is 0 Å². The van der Waals surface area contributed by atoms with Crippen molar-refractivity contribution in [2.24, 2.45) is 11.7 Å². The maximum absolute atomic E-state index is 5.93. The quantitative estimate of drug-likeness (QED) is 0.596. The molecule has 0 radical (unpaired) electrons. The van der Waals surface area contributed by atoms with Crippen LogP contribution < -0.4 is 11.1 Å². The van der Waals surface area contributed by atoms with Gasteiger partial charge in [-0.3, -0.25) is 0 Å². The first kappa shape index (κ1) is 8.02. The fraction of sp³-hybridized carbons (Fsp3) is 1.00. The molecule has 0 aromatic carbocycles. The fourth-order valence-corrected chi connectivity index (χ4v) is 1.75. The second-order valence-corrected chi connectivity index (χ2v) is 3.27. The summed E-state index contributed by atoms with van der Waals surface area (Å²) < 4.78 is 0. The van der Waals surface area contributed by atoms with Gasteiger partial charge < -0.3 is 11.1 Å². The van der Waals surface area contributed by atoms with Gasteiger partial charge in [0.05, 0.1) is 0 Å². The van der Waals surface area contributed by atoms with Crippen LogP contribution >= 0.6 is 0 Å². The topological polar surface area (TPSA) is 38.0 Å². The van der Waals surface area contributed by atoms with E-state index in [-0.39, 0.29) is 0 Å². The third kappa shape index (κ3) is 1.96. The Bertz CT molecular complexity index is 91.3. The first-order valence-electron chi connectivity index (χ1n) is 4.24. The Morgan fingerprint density at radius 1 is 1.40 bits per heavy atom. The molecular weight excluding hydrogens is 124 g/mol. The predicted octanol–water partition coefficient (Wildman–Crippen LogP) is 0.723. The molecule has 1 fully saturated rings. The summed E-state index contributed by atoms with van der Waals surface area (Å²) in [5.41, 5.74) is 5.93. The lowest BCUT2D eigenvalue weighted by Crippen LogP contribution is -2.38. The van der Waals surface area contributed by atoms with E-state index in [4.69, 9.17) is 5.73 Å². The average molecular weight is 142 g/mol. The first-order valence-corrected chi connectivity index (χ1v) is 4.24. The van der Waals surface area contributed by atoms with Crippen LogP contribution in [0.4, 0.5) is 0 Å². The number of nitrogens with two attached hydrogens (primary N) is 1. The molecule has 0 aromatic heterocycles. The molecule has 1 saturated carbocycles. The highest BCUT2D eigenvalue weighted by Crippen LogP contribution is 2.21. The zero-order valence-corrected chi connectivity index (χ0v) is 6.77. The highest BCUT2D eigenvalue weighted by molar-refractivity contribution is 4.78. The number of hydrogen-bond acceptors (Lipinski definition) is 2. The molecule has 1 aliphatic rings. The van der Waals surface area contributed by atoms with Gasteiger partial charge in [0.15, 0.2) is 0 Å². The van der Waals surface area contributed by atoms with Crippen molar-refractivity contribution in [2.75, 3.05) is 13.6 Å². The molecule has 0 bridgehead atoms. The summed E-state index contributed by atoms with van der Waals surface area (Å²) in [6.45, 7) is 1.10. The van der Waals surface area contributed by atoms with E-state index in [1.165, 1.54) is 25.7 Å². The van der Waals surface area contributed by atoms with Crippen LogP contribution in [0.15, 0.2) is 0 Å². The average Bonchev–Trinajstić information content (AvgIpc) is 1.94. The molecule has 2 heteroatoms.